The lowest BCUT2D eigenvalue weighted by molar-refractivity contribution is 0.0688. The number of hydrogen-bond acceptors (Lipinski definition) is 4. The second-order valence-corrected chi connectivity index (χ2v) is 2.08. The molecule has 0 radical (unpaired) electrons. The first-order chi connectivity index (χ1) is 5.65. The lowest BCUT2D eigenvalue weighted by Crippen LogP contribution is -2.21. The van der Waals surface area contributed by atoms with Crippen LogP contribution in [0.5, 0.6) is 0 Å². The molecule has 0 fully saturated rings. The molecular weight excluding hydrogens is 162 g/mol. The molecule has 0 bridgehead atoms. The van der Waals surface area contributed by atoms with E-state index in [0.717, 1.165) is 0 Å². The van der Waals surface area contributed by atoms with Gasteiger partial charge in [-0.2, -0.15) is 0 Å². The Kier molecular flexibility index (Phi) is 2.20. The van der Waals surface area contributed by atoms with E-state index in [4.69, 9.17) is 10.8 Å². The smallest absolute Gasteiger partial charge is 0.360 e. The van der Waals surface area contributed by atoms with E-state index < -0.39 is 17.2 Å². The van der Waals surface area contributed by atoms with Crippen molar-refractivity contribution in [3.8, 4) is 0 Å². The summed E-state index contributed by atoms with van der Waals surface area (Å²) in [6, 6.07) is 0. The van der Waals surface area contributed by atoms with Gasteiger partial charge in [0.15, 0.2) is 0 Å². The number of hydrogen-bond donors (Lipinski definition) is 3. The number of nitrogens with zero attached hydrogens (tertiary/aromatic N) is 1. The van der Waals surface area contributed by atoms with Gasteiger partial charge in [-0.3, -0.25) is 4.79 Å². The van der Waals surface area contributed by atoms with E-state index in [-0.39, 0.29) is 6.54 Å². The molecule has 0 aromatic carbocycles. The molecule has 0 spiro atoms. The quantitative estimate of drug-likeness (QED) is 0.522. The zero-order valence-corrected chi connectivity index (χ0v) is 6.07. The maximum absolute atomic E-state index is 10.8. The molecule has 0 aliphatic heterocycles. The molecule has 0 amide bonds. The Balaban J connectivity index is 3.26. The fourth-order valence-corrected chi connectivity index (χ4v) is 0.693. The van der Waals surface area contributed by atoms with Gasteiger partial charge >= 0.3 is 5.97 Å². The number of carbonyl (C=O) groups is 1. The molecule has 12 heavy (non-hydrogen) atoms. The lowest BCUT2D eigenvalue weighted by atomic mass is 10.4. The number of carboxylic acids is 1. The normalized spacial score (nSPS) is 9.75. The summed E-state index contributed by atoms with van der Waals surface area (Å²) < 4.78 is 0. The van der Waals surface area contributed by atoms with Gasteiger partial charge in [0.25, 0.3) is 5.56 Å². The van der Waals surface area contributed by atoms with Crippen LogP contribution >= 0.6 is 0 Å². The Morgan fingerprint density at radius 2 is 2.42 bits per heavy atom. The van der Waals surface area contributed by atoms with Crippen molar-refractivity contribution in [3.63, 3.8) is 0 Å². The molecule has 1 aromatic heterocycles. The molecule has 6 heteroatoms. The van der Waals surface area contributed by atoms with Gasteiger partial charge in [0.1, 0.15) is 0 Å². The van der Waals surface area contributed by atoms with E-state index in [9.17, 15) is 9.59 Å². The van der Waals surface area contributed by atoms with Gasteiger partial charge in [0.05, 0.1) is 5.69 Å². The summed E-state index contributed by atoms with van der Waals surface area (Å²) >= 11 is 0. The number of nitrogens with one attached hydrogen (secondary N) is 1. The standard InChI is InChI=1S/C6H7N3O3/c7-1-3-2-8-5(10)4(9-3)6(11)12/h2H,1,7H2,(H,8,10)(H,11,12). The molecule has 64 valence electrons. The second-order valence-electron chi connectivity index (χ2n) is 2.08. The summed E-state index contributed by atoms with van der Waals surface area (Å²) in [5.41, 5.74) is 4.28. The maximum atomic E-state index is 10.8. The highest BCUT2D eigenvalue weighted by atomic mass is 16.4. The number of aromatic amines is 1. The van der Waals surface area contributed by atoms with Gasteiger partial charge in [0, 0.05) is 12.7 Å². The summed E-state index contributed by atoms with van der Waals surface area (Å²) in [7, 11) is 0. The van der Waals surface area contributed by atoms with Gasteiger partial charge in [-0.1, -0.05) is 0 Å². The Hall–Kier alpha value is -1.69. The number of rotatable bonds is 2. The molecule has 0 saturated heterocycles. The number of carboxylic acid groups (broad SMARTS) is 1. The molecule has 1 heterocycles. The molecule has 1 aromatic rings. The summed E-state index contributed by atoms with van der Waals surface area (Å²) in [6.07, 6.45) is 1.29. The van der Waals surface area contributed by atoms with Gasteiger partial charge in [0.2, 0.25) is 5.69 Å². The van der Waals surface area contributed by atoms with Gasteiger partial charge in [-0.15, -0.1) is 0 Å². The van der Waals surface area contributed by atoms with Crippen LogP contribution in [-0.4, -0.2) is 21.0 Å². The monoisotopic (exact) mass is 169 g/mol. The largest absolute Gasteiger partial charge is 0.476 e. The molecule has 0 aliphatic carbocycles. The van der Waals surface area contributed by atoms with E-state index in [1.165, 1.54) is 6.20 Å². The fourth-order valence-electron chi connectivity index (χ4n) is 0.693. The number of aromatic carboxylic acids is 1. The van der Waals surface area contributed by atoms with Crippen molar-refractivity contribution in [1.82, 2.24) is 9.97 Å². The Bertz CT molecular complexity index is 357. The van der Waals surface area contributed by atoms with Crippen molar-refractivity contribution in [2.75, 3.05) is 0 Å². The first-order valence-electron chi connectivity index (χ1n) is 3.17. The highest BCUT2D eigenvalue weighted by molar-refractivity contribution is 5.84. The molecule has 1 rings (SSSR count). The van der Waals surface area contributed by atoms with Crippen molar-refractivity contribution < 1.29 is 9.90 Å². The molecule has 0 aliphatic rings. The van der Waals surface area contributed by atoms with Crippen molar-refractivity contribution >= 4 is 5.97 Å². The molecule has 6 nitrogen and oxygen atoms in total. The van der Waals surface area contributed by atoms with Crippen LogP contribution in [0.15, 0.2) is 11.0 Å². The summed E-state index contributed by atoms with van der Waals surface area (Å²) in [5, 5.41) is 8.46. The van der Waals surface area contributed by atoms with Crippen molar-refractivity contribution in [1.29, 1.82) is 0 Å². The highest BCUT2D eigenvalue weighted by Gasteiger charge is 2.10. The molecule has 4 N–H and O–H groups in total. The number of aromatic nitrogens is 2. The minimum Gasteiger partial charge on any atom is -0.476 e. The van der Waals surface area contributed by atoms with Crippen LogP contribution in [-0.2, 0) is 6.54 Å². The van der Waals surface area contributed by atoms with Crippen LogP contribution in [0, 0.1) is 0 Å². The molecule has 0 saturated carbocycles. The van der Waals surface area contributed by atoms with Crippen molar-refractivity contribution in [2.45, 2.75) is 6.54 Å². The van der Waals surface area contributed by atoms with Crippen molar-refractivity contribution in [2.24, 2.45) is 5.73 Å². The number of H-pyrrole nitrogens is 1. The van der Waals surface area contributed by atoms with Crippen LogP contribution in [0.4, 0.5) is 0 Å². The van der Waals surface area contributed by atoms with E-state index in [0.29, 0.717) is 5.69 Å². The fraction of sp³-hybridized carbons (Fsp3) is 0.167. The molecular formula is C6H7N3O3. The first-order valence-corrected chi connectivity index (χ1v) is 3.17. The van der Waals surface area contributed by atoms with E-state index in [2.05, 4.69) is 9.97 Å². The van der Waals surface area contributed by atoms with Gasteiger partial charge in [-0.25, -0.2) is 9.78 Å². The summed E-state index contributed by atoms with van der Waals surface area (Å²) in [4.78, 5) is 26.9. The third kappa shape index (κ3) is 1.48. The predicted molar refractivity (Wildman–Crippen MR) is 39.7 cm³/mol. The lowest BCUT2D eigenvalue weighted by Gasteiger charge is -1.95. The maximum Gasteiger partial charge on any atom is 0.360 e. The summed E-state index contributed by atoms with van der Waals surface area (Å²) in [6.45, 7) is 0.0943. The first kappa shape index (κ1) is 8.41. The average molecular weight is 169 g/mol. The van der Waals surface area contributed by atoms with Crippen LogP contribution in [0.25, 0.3) is 0 Å². The average Bonchev–Trinajstić information content (AvgIpc) is 2.05. The SMILES string of the molecule is NCc1c[nH]c(=O)c(C(=O)O)n1. The Morgan fingerprint density at radius 1 is 1.75 bits per heavy atom. The third-order valence-corrected chi connectivity index (χ3v) is 1.25. The number of nitrogens with two attached hydrogens (primary N) is 1. The minimum absolute atomic E-state index is 0.0943. The van der Waals surface area contributed by atoms with Crippen molar-refractivity contribution in [3.05, 3.63) is 27.9 Å². The second kappa shape index (κ2) is 3.14. The Morgan fingerprint density at radius 3 is 2.92 bits per heavy atom. The van der Waals surface area contributed by atoms with E-state index in [1.54, 1.807) is 0 Å². The Labute approximate surface area is 67.1 Å². The van der Waals surface area contributed by atoms with Crippen LogP contribution in [0.1, 0.15) is 16.2 Å². The topological polar surface area (TPSA) is 109 Å². The molecule has 0 atom stereocenters. The van der Waals surface area contributed by atoms with Crippen LogP contribution in [0.3, 0.4) is 0 Å². The van der Waals surface area contributed by atoms with Gasteiger partial charge in [-0.05, 0) is 0 Å². The zero-order chi connectivity index (χ0) is 9.14. The van der Waals surface area contributed by atoms with Crippen LogP contribution < -0.4 is 11.3 Å². The van der Waals surface area contributed by atoms with E-state index in [1.807, 2.05) is 0 Å². The van der Waals surface area contributed by atoms with E-state index >= 15 is 0 Å². The minimum atomic E-state index is -1.36. The predicted octanol–water partition coefficient (Wildman–Crippen LogP) is -1.07. The van der Waals surface area contributed by atoms with Crippen LogP contribution in [0.2, 0.25) is 0 Å². The third-order valence-electron chi connectivity index (χ3n) is 1.25. The molecule has 0 unspecified atom stereocenters. The zero-order valence-electron chi connectivity index (χ0n) is 6.07. The van der Waals surface area contributed by atoms with Gasteiger partial charge < -0.3 is 15.8 Å². The summed E-state index contributed by atoms with van der Waals surface area (Å²) in [5.74, 6) is -1.36. The highest BCUT2D eigenvalue weighted by Crippen LogP contribution is 1.89.